The van der Waals surface area contributed by atoms with Gasteiger partial charge in [-0.25, -0.2) is 4.79 Å². The summed E-state index contributed by atoms with van der Waals surface area (Å²) >= 11 is 6.21. The summed E-state index contributed by atoms with van der Waals surface area (Å²) in [6.07, 6.45) is 3.39. The first-order valence-corrected chi connectivity index (χ1v) is 5.84. The quantitative estimate of drug-likeness (QED) is 0.749. The molecule has 1 aromatic rings. The minimum absolute atomic E-state index is 0.296. The van der Waals surface area contributed by atoms with Crippen LogP contribution in [0.5, 0.6) is 0 Å². The van der Waals surface area contributed by atoms with E-state index >= 15 is 0 Å². The Morgan fingerprint density at radius 2 is 2.00 bits per heavy atom. The maximum Gasteiger partial charge on any atom is 0.334 e. The van der Waals surface area contributed by atoms with E-state index in [0.717, 1.165) is 17.6 Å². The van der Waals surface area contributed by atoms with Crippen molar-refractivity contribution in [1.29, 1.82) is 0 Å². The number of allylic oxidation sites excluding steroid dienone is 3. The number of carbonyl (C=O) groups excluding carboxylic acids is 1. The minimum atomic E-state index is -0.296. The fraction of sp³-hybridized carbons (Fsp3) is 0.214. The zero-order valence-corrected chi connectivity index (χ0v) is 10.3. The highest BCUT2D eigenvalue weighted by Gasteiger charge is 2.22. The van der Waals surface area contributed by atoms with Gasteiger partial charge in [-0.3, -0.25) is 0 Å². The Morgan fingerprint density at radius 1 is 1.29 bits per heavy atom. The molecule has 0 heterocycles. The van der Waals surface area contributed by atoms with Crippen LogP contribution in [0.25, 0.3) is 5.57 Å². The maximum absolute atomic E-state index is 11.7. The van der Waals surface area contributed by atoms with Gasteiger partial charge in [-0.1, -0.05) is 48.0 Å². The first kappa shape index (κ1) is 11.9. The molecular formula is C14H13ClO2. The van der Waals surface area contributed by atoms with Crippen molar-refractivity contribution in [2.45, 2.75) is 12.8 Å². The number of esters is 1. The van der Waals surface area contributed by atoms with Gasteiger partial charge in [0, 0.05) is 16.2 Å². The second-order valence-corrected chi connectivity index (χ2v) is 4.21. The monoisotopic (exact) mass is 248 g/mol. The molecule has 0 aromatic heterocycles. The number of benzene rings is 1. The summed E-state index contributed by atoms with van der Waals surface area (Å²) in [5, 5.41) is 0.628. The molecule has 0 amide bonds. The van der Waals surface area contributed by atoms with E-state index in [1.165, 1.54) is 7.11 Å². The van der Waals surface area contributed by atoms with Crippen LogP contribution in [0.4, 0.5) is 0 Å². The van der Waals surface area contributed by atoms with Gasteiger partial charge in [0.1, 0.15) is 0 Å². The van der Waals surface area contributed by atoms with E-state index in [0.29, 0.717) is 17.0 Å². The van der Waals surface area contributed by atoms with Crippen molar-refractivity contribution in [3.05, 3.63) is 52.6 Å². The van der Waals surface area contributed by atoms with Crippen molar-refractivity contribution < 1.29 is 9.53 Å². The molecule has 0 N–H and O–H groups in total. The van der Waals surface area contributed by atoms with Crippen molar-refractivity contribution in [1.82, 2.24) is 0 Å². The van der Waals surface area contributed by atoms with Crippen LogP contribution < -0.4 is 0 Å². The van der Waals surface area contributed by atoms with Crippen LogP contribution in [0.3, 0.4) is 0 Å². The Labute approximate surface area is 106 Å². The van der Waals surface area contributed by atoms with Crippen molar-refractivity contribution in [2.75, 3.05) is 7.11 Å². The van der Waals surface area contributed by atoms with Crippen LogP contribution in [-0.4, -0.2) is 13.1 Å². The Balaban J connectivity index is 2.54. The Bertz CT molecular complexity index is 486. The van der Waals surface area contributed by atoms with Gasteiger partial charge < -0.3 is 4.74 Å². The number of halogens is 1. The van der Waals surface area contributed by atoms with E-state index in [2.05, 4.69) is 0 Å². The first-order chi connectivity index (χ1) is 8.24. The highest BCUT2D eigenvalue weighted by molar-refractivity contribution is 6.38. The molecule has 0 unspecified atom stereocenters. The predicted molar refractivity (Wildman–Crippen MR) is 68.5 cm³/mol. The lowest BCUT2D eigenvalue weighted by Crippen LogP contribution is -2.10. The largest absolute Gasteiger partial charge is 0.466 e. The molecule has 0 saturated carbocycles. The number of rotatable bonds is 2. The molecule has 88 valence electrons. The van der Waals surface area contributed by atoms with Gasteiger partial charge in [-0.05, 0) is 18.4 Å². The van der Waals surface area contributed by atoms with Gasteiger partial charge in [0.25, 0.3) is 0 Å². The lowest BCUT2D eigenvalue weighted by molar-refractivity contribution is -0.136. The normalized spacial score (nSPS) is 15.5. The van der Waals surface area contributed by atoms with E-state index in [1.807, 2.05) is 36.4 Å². The molecule has 1 aromatic carbocycles. The Hall–Kier alpha value is -1.54. The molecule has 0 aliphatic heterocycles. The fourth-order valence-electron chi connectivity index (χ4n) is 1.96. The lowest BCUT2D eigenvalue weighted by Gasteiger charge is -2.17. The van der Waals surface area contributed by atoms with Gasteiger partial charge >= 0.3 is 5.97 Å². The van der Waals surface area contributed by atoms with E-state index in [1.54, 1.807) is 0 Å². The molecule has 2 nitrogen and oxygen atoms in total. The molecule has 1 aliphatic rings. The molecule has 0 fully saturated rings. The third kappa shape index (κ3) is 2.42. The van der Waals surface area contributed by atoms with Crippen LogP contribution in [0.15, 0.2) is 47.0 Å². The first-order valence-electron chi connectivity index (χ1n) is 5.47. The molecule has 0 saturated heterocycles. The topological polar surface area (TPSA) is 26.3 Å². The number of ether oxygens (including phenoxy) is 1. The summed E-state index contributed by atoms with van der Waals surface area (Å²) in [6.45, 7) is 0. The summed E-state index contributed by atoms with van der Waals surface area (Å²) in [5.41, 5.74) is 2.41. The highest BCUT2D eigenvalue weighted by Crippen LogP contribution is 2.35. The van der Waals surface area contributed by atoms with E-state index < -0.39 is 0 Å². The smallest absolute Gasteiger partial charge is 0.334 e. The standard InChI is InChI=1S/C14H13ClO2/c1-17-14(16)11-8-5-9-12(15)13(11)10-6-3-2-4-7-10/h2-4,6-7,9H,5,8H2,1H3. The molecule has 17 heavy (non-hydrogen) atoms. The zero-order chi connectivity index (χ0) is 12.3. The van der Waals surface area contributed by atoms with Gasteiger partial charge in [0.15, 0.2) is 0 Å². The number of carbonyl (C=O) groups is 1. The van der Waals surface area contributed by atoms with Gasteiger partial charge in [0.2, 0.25) is 0 Å². The van der Waals surface area contributed by atoms with Crippen LogP contribution in [-0.2, 0) is 9.53 Å². The minimum Gasteiger partial charge on any atom is -0.466 e. The molecule has 3 heteroatoms. The number of hydrogen-bond acceptors (Lipinski definition) is 2. The van der Waals surface area contributed by atoms with Crippen molar-refractivity contribution >= 4 is 23.1 Å². The van der Waals surface area contributed by atoms with Crippen LogP contribution in [0.1, 0.15) is 18.4 Å². The van der Waals surface area contributed by atoms with Crippen LogP contribution in [0.2, 0.25) is 0 Å². The molecule has 1 aliphatic carbocycles. The number of methoxy groups -OCH3 is 1. The maximum atomic E-state index is 11.7. The fourth-order valence-corrected chi connectivity index (χ4v) is 2.29. The SMILES string of the molecule is COC(=O)C1=C(c2ccccc2)C(Cl)=CCC1. The summed E-state index contributed by atoms with van der Waals surface area (Å²) < 4.78 is 4.81. The van der Waals surface area contributed by atoms with Gasteiger partial charge in [-0.15, -0.1) is 0 Å². The molecule has 0 bridgehead atoms. The summed E-state index contributed by atoms with van der Waals surface area (Å²) in [7, 11) is 1.39. The van der Waals surface area contributed by atoms with Crippen molar-refractivity contribution in [3.8, 4) is 0 Å². The van der Waals surface area contributed by atoms with Crippen LogP contribution in [0, 0.1) is 0 Å². The lowest BCUT2D eigenvalue weighted by atomic mass is 9.92. The van der Waals surface area contributed by atoms with Gasteiger partial charge in [-0.2, -0.15) is 0 Å². The van der Waals surface area contributed by atoms with Crippen molar-refractivity contribution in [3.63, 3.8) is 0 Å². The van der Waals surface area contributed by atoms with E-state index in [4.69, 9.17) is 16.3 Å². The number of hydrogen-bond donors (Lipinski definition) is 0. The summed E-state index contributed by atoms with van der Waals surface area (Å²) in [6, 6.07) is 9.67. The molecule has 2 rings (SSSR count). The highest BCUT2D eigenvalue weighted by atomic mass is 35.5. The molecule has 0 radical (unpaired) electrons. The van der Waals surface area contributed by atoms with Crippen molar-refractivity contribution in [2.24, 2.45) is 0 Å². The van der Waals surface area contributed by atoms with E-state index in [9.17, 15) is 4.79 Å². The summed E-state index contributed by atoms with van der Waals surface area (Å²) in [4.78, 5) is 11.7. The average molecular weight is 249 g/mol. The van der Waals surface area contributed by atoms with Crippen LogP contribution >= 0.6 is 11.6 Å². The van der Waals surface area contributed by atoms with E-state index in [-0.39, 0.29) is 5.97 Å². The van der Waals surface area contributed by atoms with Gasteiger partial charge in [0.05, 0.1) is 7.11 Å². The Kier molecular flexibility index (Phi) is 3.64. The Morgan fingerprint density at radius 3 is 2.65 bits per heavy atom. The third-order valence-electron chi connectivity index (χ3n) is 2.75. The second kappa shape index (κ2) is 5.19. The third-order valence-corrected chi connectivity index (χ3v) is 3.10. The average Bonchev–Trinajstić information content (AvgIpc) is 2.38. The second-order valence-electron chi connectivity index (χ2n) is 3.80. The predicted octanol–water partition coefficient (Wildman–Crippen LogP) is 3.53. The molecule has 0 spiro atoms. The summed E-state index contributed by atoms with van der Waals surface area (Å²) in [5.74, 6) is -0.296. The molecular weight excluding hydrogens is 236 g/mol. The molecule has 0 atom stereocenters. The zero-order valence-electron chi connectivity index (χ0n) is 9.57.